The molecule has 0 spiro atoms. The average Bonchev–Trinajstić information content (AvgIpc) is 1.86. The molecule has 1 nitrogen and oxygen atoms in total. The van der Waals surface area contributed by atoms with Crippen LogP contribution in [-0.2, 0) is 0 Å². The highest BCUT2D eigenvalue weighted by Crippen LogP contribution is 1.96. The monoisotopic (exact) mass is 85.1 g/mol. The van der Waals surface area contributed by atoms with Gasteiger partial charge in [-0.25, -0.2) is 0 Å². The summed E-state index contributed by atoms with van der Waals surface area (Å²) in [6.45, 7) is 3.23. The molecule has 1 aliphatic heterocycles. The number of nitrogens with one attached hydrogen (secondary N) is 1. The van der Waals surface area contributed by atoms with Crippen LogP contribution in [0.4, 0.5) is 0 Å². The first-order chi connectivity index (χ1) is 2.89. The largest absolute Gasteiger partial charge is 0.389 e. The fourth-order valence-electron chi connectivity index (χ4n) is 0.630. The second-order valence-corrected chi connectivity index (χ2v) is 1.60. The summed E-state index contributed by atoms with van der Waals surface area (Å²) in [6, 6.07) is 0. The molecule has 0 aromatic heterocycles. The molecule has 0 saturated carbocycles. The van der Waals surface area contributed by atoms with Gasteiger partial charge in [0.05, 0.1) is 0 Å². The minimum Gasteiger partial charge on any atom is -0.389 e. The third kappa shape index (κ3) is 0.534. The number of allylic oxidation sites excluding steroid dienone is 1. The second-order valence-electron chi connectivity index (χ2n) is 1.60. The Morgan fingerprint density at radius 1 is 2.00 bits per heavy atom. The van der Waals surface area contributed by atoms with Crippen molar-refractivity contribution < 1.29 is 1.43 Å². The summed E-state index contributed by atoms with van der Waals surface area (Å²) in [4.78, 5) is 0. The summed E-state index contributed by atoms with van der Waals surface area (Å²) in [7, 11) is 0. The minimum absolute atomic E-state index is 0. The molecule has 1 heteroatoms. The van der Waals surface area contributed by atoms with Crippen LogP contribution < -0.4 is 5.32 Å². The summed E-state index contributed by atoms with van der Waals surface area (Å²) in [5.74, 6) is 0. The summed E-state index contributed by atoms with van der Waals surface area (Å²) in [5.41, 5.74) is 1.33. The number of hydrogen-bond acceptors (Lipinski definition) is 1. The van der Waals surface area contributed by atoms with E-state index in [1.165, 1.54) is 12.1 Å². The first-order valence-electron chi connectivity index (χ1n) is 2.30. The van der Waals surface area contributed by atoms with Crippen LogP contribution >= 0.6 is 0 Å². The van der Waals surface area contributed by atoms with Crippen LogP contribution in [0.2, 0.25) is 0 Å². The Balaban J connectivity index is 0.000000360. The van der Waals surface area contributed by atoms with Gasteiger partial charge in [-0.3, -0.25) is 0 Å². The molecule has 0 aromatic carbocycles. The molecule has 0 bridgehead atoms. The lowest BCUT2D eigenvalue weighted by Gasteiger charge is -1.88. The van der Waals surface area contributed by atoms with Crippen molar-refractivity contribution in [1.82, 2.24) is 5.32 Å². The van der Waals surface area contributed by atoms with Gasteiger partial charge in [-0.1, -0.05) is 6.08 Å². The predicted octanol–water partition coefficient (Wildman–Crippen LogP) is 1.13. The minimum atomic E-state index is 0. The van der Waals surface area contributed by atoms with E-state index in [0.29, 0.717) is 0 Å². The maximum atomic E-state index is 3.18. The molecular formula is C5H11N. The highest BCUT2D eigenvalue weighted by Gasteiger charge is 1.92. The molecule has 6 heavy (non-hydrogen) atoms. The average molecular weight is 85.2 g/mol. The van der Waals surface area contributed by atoms with Crippen LogP contribution in [0.15, 0.2) is 11.8 Å². The number of rotatable bonds is 0. The molecule has 0 saturated heterocycles. The Bertz CT molecular complexity index is 78.1. The zero-order valence-corrected chi connectivity index (χ0v) is 3.99. The summed E-state index contributed by atoms with van der Waals surface area (Å²) < 4.78 is 0. The molecule has 0 unspecified atom stereocenters. The molecule has 1 aliphatic rings. The summed E-state index contributed by atoms with van der Waals surface area (Å²) >= 11 is 0. The van der Waals surface area contributed by atoms with E-state index in [9.17, 15) is 0 Å². The van der Waals surface area contributed by atoms with Crippen LogP contribution in [-0.4, -0.2) is 6.54 Å². The Morgan fingerprint density at radius 3 is 3.00 bits per heavy atom. The lowest BCUT2D eigenvalue weighted by atomic mass is 10.4. The molecule has 0 aromatic rings. The van der Waals surface area contributed by atoms with Crippen molar-refractivity contribution in [3.05, 3.63) is 11.8 Å². The first-order valence-corrected chi connectivity index (χ1v) is 2.30. The standard InChI is InChI=1S/C5H9N.H2/c1-5-3-2-4-6-5;/h3,6H,2,4H2,1H3;1H. The van der Waals surface area contributed by atoms with E-state index in [1.807, 2.05) is 0 Å². The molecule has 0 fully saturated rings. The van der Waals surface area contributed by atoms with E-state index in [-0.39, 0.29) is 1.43 Å². The fourth-order valence-corrected chi connectivity index (χ4v) is 0.630. The van der Waals surface area contributed by atoms with Gasteiger partial charge in [-0.15, -0.1) is 0 Å². The van der Waals surface area contributed by atoms with Gasteiger partial charge in [0.15, 0.2) is 0 Å². The van der Waals surface area contributed by atoms with Crippen LogP contribution in [0.1, 0.15) is 14.8 Å². The van der Waals surface area contributed by atoms with E-state index in [4.69, 9.17) is 0 Å². The van der Waals surface area contributed by atoms with Gasteiger partial charge in [0.2, 0.25) is 0 Å². The predicted molar refractivity (Wildman–Crippen MR) is 28.5 cm³/mol. The van der Waals surface area contributed by atoms with E-state index in [1.54, 1.807) is 0 Å². The Morgan fingerprint density at radius 2 is 2.83 bits per heavy atom. The highest BCUT2D eigenvalue weighted by atomic mass is 14.9. The quantitative estimate of drug-likeness (QED) is 0.465. The van der Waals surface area contributed by atoms with Crippen molar-refractivity contribution in [3.63, 3.8) is 0 Å². The molecule has 1 heterocycles. The Hall–Kier alpha value is -0.460. The lowest BCUT2D eigenvalue weighted by Crippen LogP contribution is -2.03. The van der Waals surface area contributed by atoms with Crippen LogP contribution in [0.5, 0.6) is 0 Å². The SMILES string of the molecule is CC1=CCCN1.[HH]. The van der Waals surface area contributed by atoms with Crippen molar-refractivity contribution in [2.75, 3.05) is 6.54 Å². The molecule has 36 valence electrons. The van der Waals surface area contributed by atoms with Crippen molar-refractivity contribution in [1.29, 1.82) is 0 Å². The molecular weight excluding hydrogens is 74.1 g/mol. The Kier molecular flexibility index (Phi) is 0.825. The van der Waals surface area contributed by atoms with Gasteiger partial charge in [0.1, 0.15) is 0 Å². The first kappa shape index (κ1) is 3.72. The van der Waals surface area contributed by atoms with Crippen molar-refractivity contribution >= 4 is 0 Å². The van der Waals surface area contributed by atoms with Gasteiger partial charge in [-0.05, 0) is 13.3 Å². The third-order valence-corrected chi connectivity index (χ3v) is 0.999. The van der Waals surface area contributed by atoms with E-state index in [0.717, 1.165) is 6.54 Å². The molecule has 0 radical (unpaired) electrons. The second kappa shape index (κ2) is 1.33. The maximum Gasteiger partial charge on any atom is 0.0179 e. The normalized spacial score (nSPS) is 19.8. The molecule has 0 amide bonds. The smallest absolute Gasteiger partial charge is 0.0179 e. The van der Waals surface area contributed by atoms with E-state index < -0.39 is 0 Å². The zero-order chi connectivity index (χ0) is 4.41. The van der Waals surface area contributed by atoms with Crippen molar-refractivity contribution in [2.24, 2.45) is 0 Å². The van der Waals surface area contributed by atoms with Crippen molar-refractivity contribution in [2.45, 2.75) is 13.3 Å². The van der Waals surface area contributed by atoms with Gasteiger partial charge in [-0.2, -0.15) is 0 Å². The van der Waals surface area contributed by atoms with Crippen LogP contribution in [0, 0.1) is 0 Å². The molecule has 0 aliphatic carbocycles. The topological polar surface area (TPSA) is 12.0 Å². The van der Waals surface area contributed by atoms with Gasteiger partial charge < -0.3 is 5.32 Å². The third-order valence-electron chi connectivity index (χ3n) is 0.999. The fraction of sp³-hybridized carbons (Fsp3) is 0.600. The molecule has 1 rings (SSSR count). The van der Waals surface area contributed by atoms with E-state index in [2.05, 4.69) is 18.3 Å². The lowest BCUT2D eigenvalue weighted by molar-refractivity contribution is 0.876. The van der Waals surface area contributed by atoms with Gasteiger partial charge in [0, 0.05) is 13.7 Å². The van der Waals surface area contributed by atoms with Crippen LogP contribution in [0.3, 0.4) is 0 Å². The van der Waals surface area contributed by atoms with E-state index >= 15 is 0 Å². The van der Waals surface area contributed by atoms with Crippen molar-refractivity contribution in [3.8, 4) is 0 Å². The summed E-state index contributed by atoms with van der Waals surface area (Å²) in [5, 5.41) is 3.18. The van der Waals surface area contributed by atoms with Gasteiger partial charge >= 0.3 is 0 Å². The highest BCUT2D eigenvalue weighted by molar-refractivity contribution is 5.01. The van der Waals surface area contributed by atoms with Gasteiger partial charge in [0.25, 0.3) is 0 Å². The summed E-state index contributed by atoms with van der Waals surface area (Å²) in [6.07, 6.45) is 3.42. The Labute approximate surface area is 39.5 Å². The molecule has 0 atom stereocenters. The maximum absolute atomic E-state index is 3.18. The molecule has 1 N–H and O–H groups in total. The zero-order valence-electron chi connectivity index (χ0n) is 3.99. The number of hydrogen-bond donors (Lipinski definition) is 1. The van der Waals surface area contributed by atoms with Crippen LogP contribution in [0.25, 0.3) is 0 Å².